The average Bonchev–Trinajstić information content (AvgIpc) is 3.16. The number of nitrogens with zero attached hydrogens (tertiary/aromatic N) is 3. The van der Waals surface area contributed by atoms with Crippen molar-refractivity contribution in [2.24, 2.45) is 0 Å². The van der Waals surface area contributed by atoms with Crippen molar-refractivity contribution >= 4 is 17.4 Å². The van der Waals surface area contributed by atoms with Crippen molar-refractivity contribution in [1.29, 1.82) is 0 Å². The summed E-state index contributed by atoms with van der Waals surface area (Å²) in [6.45, 7) is 0.356. The number of thioether (sulfide) groups is 1. The van der Waals surface area contributed by atoms with Crippen LogP contribution in [0.15, 0.2) is 102 Å². The lowest BCUT2D eigenvalue weighted by molar-refractivity contribution is 0.211. The van der Waals surface area contributed by atoms with Crippen molar-refractivity contribution in [3.8, 4) is 28.6 Å². The minimum atomic E-state index is -0.676. The Labute approximate surface area is 235 Å². The van der Waals surface area contributed by atoms with Crippen molar-refractivity contribution in [2.45, 2.75) is 23.7 Å². The van der Waals surface area contributed by atoms with Gasteiger partial charge in [0.1, 0.15) is 12.4 Å². The molecule has 0 saturated carbocycles. The molecule has 0 saturated heterocycles. The zero-order valence-electron chi connectivity index (χ0n) is 21.6. The highest BCUT2D eigenvalue weighted by Crippen LogP contribution is 2.43. The molecule has 5 aromatic rings. The van der Waals surface area contributed by atoms with Gasteiger partial charge < -0.3 is 19.5 Å². The number of fused-ring (bicyclic) bond motifs is 3. The van der Waals surface area contributed by atoms with Crippen LogP contribution in [0.1, 0.15) is 22.9 Å². The van der Waals surface area contributed by atoms with Crippen LogP contribution in [-0.4, -0.2) is 22.3 Å². The van der Waals surface area contributed by atoms with Crippen LogP contribution in [0.5, 0.6) is 17.4 Å². The number of para-hydroxylation sites is 2. The molecule has 7 nitrogen and oxygen atoms in total. The van der Waals surface area contributed by atoms with E-state index < -0.39 is 6.23 Å². The van der Waals surface area contributed by atoms with Gasteiger partial charge in [-0.05, 0) is 35.4 Å². The van der Waals surface area contributed by atoms with Gasteiger partial charge in [-0.15, -0.1) is 10.2 Å². The van der Waals surface area contributed by atoms with E-state index in [-0.39, 0.29) is 5.82 Å². The van der Waals surface area contributed by atoms with Crippen LogP contribution >= 0.6 is 11.8 Å². The van der Waals surface area contributed by atoms with E-state index in [9.17, 15) is 4.39 Å². The van der Waals surface area contributed by atoms with Crippen molar-refractivity contribution in [2.75, 3.05) is 12.4 Å². The molecule has 0 bridgehead atoms. The molecule has 0 radical (unpaired) electrons. The Morgan fingerprint density at radius 2 is 1.70 bits per heavy atom. The lowest BCUT2D eigenvalue weighted by Gasteiger charge is -2.23. The Morgan fingerprint density at radius 3 is 2.55 bits per heavy atom. The van der Waals surface area contributed by atoms with Crippen molar-refractivity contribution < 1.29 is 18.6 Å². The van der Waals surface area contributed by atoms with Gasteiger partial charge in [0.05, 0.1) is 12.7 Å². The SMILES string of the molecule is COc1cccc([C@H]2Nc3ccccc3-c3nnc(SCc4ccccc4F)nc3O2)c1OCc1ccccc1. The molecule has 0 fully saturated rings. The minimum Gasteiger partial charge on any atom is -0.493 e. The lowest BCUT2D eigenvalue weighted by Crippen LogP contribution is -2.18. The summed E-state index contributed by atoms with van der Waals surface area (Å²) in [7, 11) is 1.61. The third-order valence-electron chi connectivity index (χ3n) is 6.39. The van der Waals surface area contributed by atoms with Crippen LogP contribution in [0.2, 0.25) is 0 Å². The van der Waals surface area contributed by atoms with Gasteiger partial charge in [0.25, 0.3) is 0 Å². The van der Waals surface area contributed by atoms with Crippen molar-refractivity contribution in [3.05, 3.63) is 120 Å². The van der Waals surface area contributed by atoms with E-state index in [0.29, 0.717) is 46.2 Å². The van der Waals surface area contributed by atoms with Crippen LogP contribution in [0.25, 0.3) is 11.3 Å². The molecule has 2 heterocycles. The molecule has 0 unspecified atom stereocenters. The predicted molar refractivity (Wildman–Crippen MR) is 152 cm³/mol. The Bertz CT molecular complexity index is 1640. The maximum atomic E-state index is 14.2. The number of methoxy groups -OCH3 is 1. The Kier molecular flexibility index (Phi) is 7.45. The van der Waals surface area contributed by atoms with E-state index in [4.69, 9.17) is 19.2 Å². The fourth-order valence-electron chi connectivity index (χ4n) is 4.39. The highest BCUT2D eigenvalue weighted by molar-refractivity contribution is 7.98. The molecule has 1 aliphatic rings. The number of ether oxygens (including phenoxy) is 3. The summed E-state index contributed by atoms with van der Waals surface area (Å²) in [5.74, 6) is 1.54. The normalized spacial score (nSPS) is 13.7. The number of hydrogen-bond acceptors (Lipinski definition) is 8. The molecular formula is C31H25FN4O3S. The van der Waals surface area contributed by atoms with Crippen LogP contribution in [-0.2, 0) is 12.4 Å². The summed E-state index contributed by atoms with van der Waals surface area (Å²) in [5.41, 5.74) is 4.45. The highest BCUT2D eigenvalue weighted by Gasteiger charge is 2.29. The summed E-state index contributed by atoms with van der Waals surface area (Å²) in [6, 6.07) is 30.0. The molecule has 0 aliphatic carbocycles. The van der Waals surface area contributed by atoms with E-state index in [2.05, 4.69) is 15.5 Å². The van der Waals surface area contributed by atoms with Crippen molar-refractivity contribution in [3.63, 3.8) is 0 Å². The van der Waals surface area contributed by atoms with Crippen LogP contribution < -0.4 is 19.5 Å². The number of anilines is 1. The first-order chi connectivity index (χ1) is 19.7. The monoisotopic (exact) mass is 552 g/mol. The average molecular weight is 553 g/mol. The predicted octanol–water partition coefficient (Wildman–Crippen LogP) is 7.06. The van der Waals surface area contributed by atoms with E-state index >= 15 is 0 Å². The molecule has 1 atom stereocenters. The number of benzene rings is 4. The number of nitrogens with one attached hydrogen (secondary N) is 1. The molecular weight excluding hydrogens is 527 g/mol. The largest absolute Gasteiger partial charge is 0.493 e. The molecule has 6 rings (SSSR count). The maximum Gasteiger partial charge on any atom is 0.247 e. The van der Waals surface area contributed by atoms with Gasteiger partial charge in [0.15, 0.2) is 17.2 Å². The van der Waals surface area contributed by atoms with E-state index in [1.54, 1.807) is 25.3 Å². The van der Waals surface area contributed by atoms with E-state index in [1.165, 1.54) is 17.8 Å². The van der Waals surface area contributed by atoms with Gasteiger partial charge in [-0.1, -0.05) is 84.6 Å². The fourth-order valence-corrected chi connectivity index (χ4v) is 5.16. The molecule has 9 heteroatoms. The zero-order chi connectivity index (χ0) is 27.3. The molecule has 4 aromatic carbocycles. The first-order valence-corrected chi connectivity index (χ1v) is 13.7. The number of aromatic nitrogens is 3. The Hall–Kier alpha value is -4.63. The topological polar surface area (TPSA) is 78.4 Å². The summed E-state index contributed by atoms with van der Waals surface area (Å²) in [5, 5.41) is 12.6. The number of rotatable bonds is 8. The van der Waals surface area contributed by atoms with E-state index in [0.717, 1.165) is 22.4 Å². The van der Waals surface area contributed by atoms with Gasteiger partial charge in [-0.2, -0.15) is 4.98 Å². The third-order valence-corrected chi connectivity index (χ3v) is 7.27. The smallest absolute Gasteiger partial charge is 0.247 e. The van der Waals surface area contributed by atoms with Gasteiger partial charge in [-0.3, -0.25) is 0 Å². The first kappa shape index (κ1) is 25.6. The molecule has 0 spiro atoms. The quantitative estimate of drug-likeness (QED) is 0.205. The van der Waals surface area contributed by atoms with Crippen LogP contribution in [0, 0.1) is 5.82 Å². The number of halogens is 1. The summed E-state index contributed by atoms with van der Waals surface area (Å²) >= 11 is 1.29. The second kappa shape index (κ2) is 11.6. The molecule has 1 aromatic heterocycles. The standard InChI is InChI=1S/C31H25FN4O3S/c1-37-26-17-9-14-23(28(26)38-18-20-10-3-2-4-11-20)29-33-25-16-8-6-13-22(25)27-30(39-29)34-31(36-35-27)40-19-21-12-5-7-15-24(21)32/h2-17,29,33H,18-19H2,1H3/t29-/m0/s1. The highest BCUT2D eigenvalue weighted by atomic mass is 32.2. The van der Waals surface area contributed by atoms with Crippen molar-refractivity contribution in [1.82, 2.24) is 15.2 Å². The number of hydrogen-bond donors (Lipinski definition) is 1. The van der Waals surface area contributed by atoms with Crippen LogP contribution in [0.4, 0.5) is 10.1 Å². The molecule has 1 aliphatic heterocycles. The van der Waals surface area contributed by atoms with Crippen LogP contribution in [0.3, 0.4) is 0 Å². The molecule has 1 N–H and O–H groups in total. The zero-order valence-corrected chi connectivity index (χ0v) is 22.4. The van der Waals surface area contributed by atoms with E-state index in [1.807, 2.05) is 72.8 Å². The summed E-state index contributed by atoms with van der Waals surface area (Å²) in [4.78, 5) is 4.69. The van der Waals surface area contributed by atoms with Gasteiger partial charge >= 0.3 is 0 Å². The van der Waals surface area contributed by atoms with Gasteiger partial charge in [0, 0.05) is 17.0 Å². The lowest BCUT2D eigenvalue weighted by atomic mass is 10.1. The second-order valence-electron chi connectivity index (χ2n) is 8.97. The molecule has 40 heavy (non-hydrogen) atoms. The fraction of sp³-hybridized carbons (Fsp3) is 0.129. The third kappa shape index (κ3) is 5.41. The second-order valence-corrected chi connectivity index (χ2v) is 9.91. The summed E-state index contributed by atoms with van der Waals surface area (Å²) in [6.07, 6.45) is -0.676. The first-order valence-electron chi connectivity index (χ1n) is 12.7. The maximum absolute atomic E-state index is 14.2. The minimum absolute atomic E-state index is 0.270. The Balaban J connectivity index is 1.35. The van der Waals surface area contributed by atoms with Gasteiger partial charge in [-0.25, -0.2) is 4.39 Å². The van der Waals surface area contributed by atoms with Gasteiger partial charge in [0.2, 0.25) is 17.3 Å². The molecule has 0 amide bonds. The summed E-state index contributed by atoms with van der Waals surface area (Å²) < 4.78 is 32.6. The molecule has 200 valence electrons. The Morgan fingerprint density at radius 1 is 0.900 bits per heavy atom.